The number of aryl methyl sites for hydroxylation is 1. The molecule has 2 aromatic rings. The Morgan fingerprint density at radius 2 is 2.10 bits per heavy atom. The molecule has 0 fully saturated rings. The molecule has 0 bridgehead atoms. The number of pyridine rings is 1. The molecule has 0 aliphatic heterocycles. The first-order valence-corrected chi connectivity index (χ1v) is 6.42. The van der Waals surface area contributed by atoms with E-state index in [1.165, 1.54) is 0 Å². The standard InChI is InChI=1S/C15H17N5/c1-11-19-12(9-16)8-14(20-11)18-10-15(2,3)13-6-4-5-7-17-13/h4-8H,10H2,1-3H3,(H,18,19,20). The van der Waals surface area contributed by atoms with Crippen molar-refractivity contribution in [3.8, 4) is 6.07 Å². The summed E-state index contributed by atoms with van der Waals surface area (Å²) in [5, 5.41) is 12.2. The number of hydrogen-bond acceptors (Lipinski definition) is 5. The fraction of sp³-hybridized carbons (Fsp3) is 0.333. The van der Waals surface area contributed by atoms with Crippen molar-refractivity contribution in [2.75, 3.05) is 11.9 Å². The zero-order valence-electron chi connectivity index (χ0n) is 11.9. The molecular weight excluding hydrogens is 250 g/mol. The second-order valence-corrected chi connectivity index (χ2v) is 5.25. The quantitative estimate of drug-likeness (QED) is 0.921. The number of aromatic nitrogens is 3. The average molecular weight is 267 g/mol. The van der Waals surface area contributed by atoms with Gasteiger partial charge in [-0.05, 0) is 19.1 Å². The Morgan fingerprint density at radius 3 is 2.75 bits per heavy atom. The zero-order valence-corrected chi connectivity index (χ0v) is 11.9. The maximum atomic E-state index is 8.91. The fourth-order valence-corrected chi connectivity index (χ4v) is 1.88. The lowest BCUT2D eigenvalue weighted by Crippen LogP contribution is -2.29. The van der Waals surface area contributed by atoms with Crippen molar-refractivity contribution in [1.82, 2.24) is 15.0 Å². The summed E-state index contributed by atoms with van der Waals surface area (Å²) in [5.41, 5.74) is 1.25. The first-order chi connectivity index (χ1) is 9.51. The number of anilines is 1. The van der Waals surface area contributed by atoms with E-state index < -0.39 is 0 Å². The van der Waals surface area contributed by atoms with Gasteiger partial charge in [0.05, 0.1) is 0 Å². The first-order valence-electron chi connectivity index (χ1n) is 6.42. The van der Waals surface area contributed by atoms with Crippen molar-refractivity contribution in [3.63, 3.8) is 0 Å². The first kappa shape index (κ1) is 13.9. The SMILES string of the molecule is Cc1nc(C#N)cc(NCC(C)(C)c2ccccn2)n1. The monoisotopic (exact) mass is 267 g/mol. The van der Waals surface area contributed by atoms with Gasteiger partial charge in [-0.2, -0.15) is 5.26 Å². The Morgan fingerprint density at radius 1 is 1.30 bits per heavy atom. The summed E-state index contributed by atoms with van der Waals surface area (Å²) in [6, 6.07) is 9.58. The van der Waals surface area contributed by atoms with E-state index in [0.29, 0.717) is 23.9 Å². The maximum Gasteiger partial charge on any atom is 0.146 e. The summed E-state index contributed by atoms with van der Waals surface area (Å²) in [4.78, 5) is 12.7. The van der Waals surface area contributed by atoms with Gasteiger partial charge in [0, 0.05) is 29.9 Å². The number of rotatable bonds is 4. The molecule has 0 atom stereocenters. The van der Waals surface area contributed by atoms with Gasteiger partial charge in [-0.25, -0.2) is 9.97 Å². The van der Waals surface area contributed by atoms with E-state index >= 15 is 0 Å². The third kappa shape index (κ3) is 3.29. The normalized spacial score (nSPS) is 10.9. The van der Waals surface area contributed by atoms with E-state index in [1.807, 2.05) is 24.3 Å². The van der Waals surface area contributed by atoms with Gasteiger partial charge in [0.15, 0.2) is 0 Å². The highest BCUT2D eigenvalue weighted by molar-refractivity contribution is 5.40. The smallest absolute Gasteiger partial charge is 0.146 e. The van der Waals surface area contributed by atoms with Crippen molar-refractivity contribution in [3.05, 3.63) is 47.7 Å². The van der Waals surface area contributed by atoms with Crippen LogP contribution < -0.4 is 5.32 Å². The maximum absolute atomic E-state index is 8.91. The number of hydrogen-bond donors (Lipinski definition) is 1. The van der Waals surface area contributed by atoms with Crippen LogP contribution in [0.15, 0.2) is 30.5 Å². The van der Waals surface area contributed by atoms with Crippen LogP contribution in [0.2, 0.25) is 0 Å². The summed E-state index contributed by atoms with van der Waals surface area (Å²) in [6.45, 7) is 6.67. The molecular formula is C15H17N5. The van der Waals surface area contributed by atoms with Gasteiger partial charge in [0.25, 0.3) is 0 Å². The molecule has 0 aliphatic carbocycles. The van der Waals surface area contributed by atoms with Crippen molar-refractivity contribution in [2.24, 2.45) is 0 Å². The van der Waals surface area contributed by atoms with Crippen LogP contribution in [0, 0.1) is 18.3 Å². The van der Waals surface area contributed by atoms with Gasteiger partial charge in [-0.3, -0.25) is 4.98 Å². The third-order valence-corrected chi connectivity index (χ3v) is 3.02. The van der Waals surface area contributed by atoms with Gasteiger partial charge in [0.1, 0.15) is 23.4 Å². The highest BCUT2D eigenvalue weighted by atomic mass is 15.0. The summed E-state index contributed by atoms with van der Waals surface area (Å²) < 4.78 is 0. The molecule has 2 rings (SSSR count). The minimum Gasteiger partial charge on any atom is -0.369 e. The Labute approximate surface area is 118 Å². The highest BCUT2D eigenvalue weighted by Gasteiger charge is 2.21. The van der Waals surface area contributed by atoms with Crippen LogP contribution in [0.3, 0.4) is 0 Å². The summed E-state index contributed by atoms with van der Waals surface area (Å²) in [6.07, 6.45) is 1.79. The van der Waals surface area contributed by atoms with E-state index in [0.717, 1.165) is 5.69 Å². The van der Waals surface area contributed by atoms with Gasteiger partial charge in [0.2, 0.25) is 0 Å². The summed E-state index contributed by atoms with van der Waals surface area (Å²) in [7, 11) is 0. The Kier molecular flexibility index (Phi) is 3.94. The van der Waals surface area contributed by atoms with Crippen molar-refractivity contribution >= 4 is 5.82 Å². The Balaban J connectivity index is 2.12. The molecule has 2 heterocycles. The Bertz CT molecular complexity index is 628. The molecule has 0 aromatic carbocycles. The Hall–Kier alpha value is -2.48. The molecule has 0 amide bonds. The summed E-state index contributed by atoms with van der Waals surface area (Å²) >= 11 is 0. The molecule has 0 radical (unpaired) electrons. The molecule has 0 aliphatic rings. The molecule has 2 aromatic heterocycles. The molecule has 1 N–H and O–H groups in total. The lowest BCUT2D eigenvalue weighted by molar-refractivity contribution is 0.537. The highest BCUT2D eigenvalue weighted by Crippen LogP contribution is 2.21. The van der Waals surface area contributed by atoms with Gasteiger partial charge in [-0.15, -0.1) is 0 Å². The van der Waals surface area contributed by atoms with E-state index in [-0.39, 0.29) is 5.41 Å². The van der Waals surface area contributed by atoms with Crippen molar-refractivity contribution in [1.29, 1.82) is 5.26 Å². The van der Waals surface area contributed by atoms with Crippen LogP contribution in [-0.2, 0) is 5.41 Å². The third-order valence-electron chi connectivity index (χ3n) is 3.02. The predicted molar refractivity (Wildman–Crippen MR) is 77.2 cm³/mol. The topological polar surface area (TPSA) is 74.5 Å². The fourth-order valence-electron chi connectivity index (χ4n) is 1.88. The number of nitrogens with zero attached hydrogens (tertiary/aromatic N) is 4. The second kappa shape index (κ2) is 5.66. The van der Waals surface area contributed by atoms with E-state index in [9.17, 15) is 0 Å². The molecule has 0 spiro atoms. The van der Waals surface area contributed by atoms with E-state index in [1.54, 1.807) is 19.2 Å². The minimum absolute atomic E-state index is 0.132. The molecule has 0 saturated heterocycles. The number of nitriles is 1. The van der Waals surface area contributed by atoms with Gasteiger partial charge >= 0.3 is 0 Å². The van der Waals surface area contributed by atoms with Gasteiger partial charge < -0.3 is 5.32 Å². The van der Waals surface area contributed by atoms with Crippen molar-refractivity contribution < 1.29 is 0 Å². The van der Waals surface area contributed by atoms with Crippen LogP contribution in [-0.4, -0.2) is 21.5 Å². The number of nitrogens with one attached hydrogen (secondary N) is 1. The molecule has 20 heavy (non-hydrogen) atoms. The van der Waals surface area contributed by atoms with Crippen LogP contribution in [0.1, 0.15) is 31.1 Å². The van der Waals surface area contributed by atoms with E-state index in [4.69, 9.17) is 5.26 Å². The molecule has 0 unspecified atom stereocenters. The average Bonchev–Trinajstić information content (AvgIpc) is 2.45. The van der Waals surface area contributed by atoms with Crippen LogP contribution in [0.5, 0.6) is 0 Å². The summed E-state index contributed by atoms with van der Waals surface area (Å²) in [5.74, 6) is 1.25. The molecule has 5 heteroatoms. The van der Waals surface area contributed by atoms with E-state index in [2.05, 4.69) is 34.1 Å². The van der Waals surface area contributed by atoms with Crippen LogP contribution in [0.25, 0.3) is 0 Å². The molecule has 102 valence electrons. The van der Waals surface area contributed by atoms with Crippen LogP contribution >= 0.6 is 0 Å². The second-order valence-electron chi connectivity index (χ2n) is 5.25. The van der Waals surface area contributed by atoms with Crippen LogP contribution in [0.4, 0.5) is 5.82 Å². The van der Waals surface area contributed by atoms with Crippen molar-refractivity contribution in [2.45, 2.75) is 26.2 Å². The minimum atomic E-state index is -0.132. The zero-order chi connectivity index (χ0) is 14.6. The van der Waals surface area contributed by atoms with Gasteiger partial charge in [-0.1, -0.05) is 19.9 Å². The predicted octanol–water partition coefficient (Wildman–Crippen LogP) is 2.44. The molecule has 0 saturated carbocycles. The largest absolute Gasteiger partial charge is 0.369 e. The lowest BCUT2D eigenvalue weighted by atomic mass is 9.89. The lowest BCUT2D eigenvalue weighted by Gasteiger charge is -2.24. The molecule has 5 nitrogen and oxygen atoms in total.